The van der Waals surface area contributed by atoms with Crippen molar-refractivity contribution in [3.8, 4) is 0 Å². The minimum Gasteiger partial charge on any atom is -0.368 e. The van der Waals surface area contributed by atoms with Crippen LogP contribution in [0.2, 0.25) is 5.02 Å². The van der Waals surface area contributed by atoms with Crippen molar-refractivity contribution in [3.05, 3.63) is 58.9 Å². The first-order valence-corrected chi connectivity index (χ1v) is 11.5. The summed E-state index contributed by atoms with van der Waals surface area (Å²) in [5.74, 6) is -0.594. The lowest BCUT2D eigenvalue weighted by molar-refractivity contribution is 0.0746. The maximum atomic E-state index is 13.1. The van der Waals surface area contributed by atoms with Crippen LogP contribution in [0.1, 0.15) is 24.2 Å². The van der Waals surface area contributed by atoms with Gasteiger partial charge in [0.1, 0.15) is 5.82 Å². The van der Waals surface area contributed by atoms with Gasteiger partial charge in [-0.2, -0.15) is 4.31 Å². The molecule has 1 amide bonds. The molecular weight excluding hydrogens is 429 g/mol. The van der Waals surface area contributed by atoms with Crippen LogP contribution in [-0.2, 0) is 10.0 Å². The van der Waals surface area contributed by atoms with Gasteiger partial charge in [-0.3, -0.25) is 4.79 Å². The van der Waals surface area contributed by atoms with Crippen LogP contribution >= 0.6 is 11.6 Å². The second kappa shape index (κ2) is 8.91. The average Bonchev–Trinajstić information content (AvgIpc) is 2.73. The highest BCUT2D eigenvalue weighted by Crippen LogP contribution is 2.25. The van der Waals surface area contributed by atoms with E-state index >= 15 is 0 Å². The summed E-state index contributed by atoms with van der Waals surface area (Å²) < 4.78 is 40.0. The smallest absolute Gasteiger partial charge is 0.255 e. The van der Waals surface area contributed by atoms with Gasteiger partial charge in [0.15, 0.2) is 0 Å². The van der Waals surface area contributed by atoms with E-state index in [1.807, 2.05) is 0 Å². The summed E-state index contributed by atoms with van der Waals surface area (Å²) in [6, 6.07) is 10.2. The zero-order valence-corrected chi connectivity index (χ0v) is 18.8. The molecule has 9 heteroatoms. The normalized spacial score (nSPS) is 15.2. The Balaban J connectivity index is 1.77. The second-order valence-electron chi connectivity index (χ2n) is 7.51. The molecule has 0 bridgehead atoms. The largest absolute Gasteiger partial charge is 0.368 e. The van der Waals surface area contributed by atoms with Gasteiger partial charge in [0, 0.05) is 45.0 Å². The number of anilines is 1. The number of hydrogen-bond acceptors (Lipinski definition) is 4. The highest BCUT2D eigenvalue weighted by molar-refractivity contribution is 7.89. The molecule has 0 unspecified atom stereocenters. The fourth-order valence-corrected chi connectivity index (χ4v) is 4.86. The van der Waals surface area contributed by atoms with Gasteiger partial charge in [-0.05, 0) is 56.3 Å². The van der Waals surface area contributed by atoms with Crippen LogP contribution in [0.15, 0.2) is 47.4 Å². The van der Waals surface area contributed by atoms with Gasteiger partial charge in [0.2, 0.25) is 10.0 Å². The molecule has 0 spiro atoms. The fourth-order valence-electron chi connectivity index (χ4n) is 3.26. The molecule has 0 aliphatic carbocycles. The lowest BCUT2D eigenvalue weighted by Crippen LogP contribution is -2.48. The molecule has 0 radical (unpaired) electrons. The quantitative estimate of drug-likeness (QED) is 0.695. The molecular formula is C21H25ClFN3O3S. The molecule has 2 aromatic rings. The third-order valence-corrected chi connectivity index (χ3v) is 7.69. The van der Waals surface area contributed by atoms with Crippen LogP contribution in [0.4, 0.5) is 10.1 Å². The Morgan fingerprint density at radius 1 is 1.07 bits per heavy atom. The zero-order valence-electron chi connectivity index (χ0n) is 17.2. The van der Waals surface area contributed by atoms with Crippen molar-refractivity contribution >= 4 is 33.2 Å². The predicted molar refractivity (Wildman–Crippen MR) is 116 cm³/mol. The highest BCUT2D eigenvalue weighted by atomic mass is 35.5. The van der Waals surface area contributed by atoms with Gasteiger partial charge in [0.25, 0.3) is 5.91 Å². The monoisotopic (exact) mass is 453 g/mol. The fraction of sp³-hybridized carbons (Fsp3) is 0.381. The number of halogens is 2. The topological polar surface area (TPSA) is 60.9 Å². The summed E-state index contributed by atoms with van der Waals surface area (Å²) in [5, 5.41) is 0.215. The van der Waals surface area contributed by atoms with Crippen LogP contribution in [0, 0.1) is 5.82 Å². The summed E-state index contributed by atoms with van der Waals surface area (Å²) in [6.07, 6.45) is 0. The van der Waals surface area contributed by atoms with Gasteiger partial charge in [-0.25, -0.2) is 12.8 Å². The third-order valence-electron chi connectivity index (χ3n) is 5.33. The van der Waals surface area contributed by atoms with Gasteiger partial charge < -0.3 is 9.80 Å². The number of amides is 1. The van der Waals surface area contributed by atoms with E-state index in [9.17, 15) is 17.6 Å². The van der Waals surface area contributed by atoms with E-state index in [-0.39, 0.29) is 33.2 Å². The molecule has 3 rings (SSSR count). The summed E-state index contributed by atoms with van der Waals surface area (Å²) in [6.45, 7) is 5.64. The minimum absolute atomic E-state index is 0.0383. The standard InChI is InChI=1S/C21H25ClFN3O3S/c1-15(2)24(3)30(28,29)18-8-9-20(22)19(14-18)21(27)26-12-10-25(11-13-26)17-6-4-16(23)5-7-17/h4-9,14-15H,10-13H2,1-3H3. The number of carbonyl (C=O) groups excluding carboxylic acids is 1. The first kappa shape index (κ1) is 22.5. The Bertz CT molecular complexity index is 1020. The third kappa shape index (κ3) is 4.61. The second-order valence-corrected chi connectivity index (χ2v) is 9.92. The average molecular weight is 454 g/mol. The van der Waals surface area contributed by atoms with E-state index in [0.717, 1.165) is 5.69 Å². The number of carbonyl (C=O) groups is 1. The first-order valence-electron chi connectivity index (χ1n) is 9.68. The number of rotatable bonds is 5. The lowest BCUT2D eigenvalue weighted by Gasteiger charge is -2.36. The van der Waals surface area contributed by atoms with Crippen LogP contribution < -0.4 is 4.90 Å². The van der Waals surface area contributed by atoms with Gasteiger partial charge >= 0.3 is 0 Å². The summed E-state index contributed by atoms with van der Waals surface area (Å²) >= 11 is 6.24. The molecule has 1 heterocycles. The molecule has 0 saturated carbocycles. The van der Waals surface area contributed by atoms with E-state index in [0.29, 0.717) is 26.2 Å². The Morgan fingerprint density at radius 3 is 2.23 bits per heavy atom. The molecule has 1 saturated heterocycles. The maximum Gasteiger partial charge on any atom is 0.255 e. The molecule has 0 atom stereocenters. The molecule has 0 aromatic heterocycles. The minimum atomic E-state index is -3.72. The summed E-state index contributed by atoms with van der Waals surface area (Å²) in [7, 11) is -2.22. The van der Waals surface area contributed by atoms with E-state index in [2.05, 4.69) is 4.90 Å². The van der Waals surface area contributed by atoms with Crippen molar-refractivity contribution in [3.63, 3.8) is 0 Å². The van der Waals surface area contributed by atoms with Crippen molar-refractivity contribution in [2.75, 3.05) is 38.1 Å². The van der Waals surface area contributed by atoms with Gasteiger partial charge in [-0.15, -0.1) is 0 Å². The van der Waals surface area contributed by atoms with Crippen molar-refractivity contribution in [1.82, 2.24) is 9.21 Å². The van der Waals surface area contributed by atoms with Gasteiger partial charge in [-0.1, -0.05) is 11.6 Å². The zero-order chi connectivity index (χ0) is 22.1. The van der Waals surface area contributed by atoms with Crippen LogP contribution in [-0.4, -0.2) is 62.8 Å². The number of nitrogens with zero attached hydrogens (tertiary/aromatic N) is 3. The van der Waals surface area contributed by atoms with E-state index in [1.54, 1.807) is 30.9 Å². The highest BCUT2D eigenvalue weighted by Gasteiger charge is 2.28. The predicted octanol–water partition coefficient (Wildman–Crippen LogP) is 3.47. The Hall–Kier alpha value is -2.16. The Labute approximate surface area is 181 Å². The molecule has 1 aliphatic heterocycles. The van der Waals surface area contributed by atoms with E-state index in [4.69, 9.17) is 11.6 Å². The summed E-state index contributed by atoms with van der Waals surface area (Å²) in [4.78, 5) is 16.8. The maximum absolute atomic E-state index is 13.1. The summed E-state index contributed by atoms with van der Waals surface area (Å²) in [5.41, 5.74) is 1.07. The number of hydrogen-bond donors (Lipinski definition) is 0. The SMILES string of the molecule is CC(C)N(C)S(=O)(=O)c1ccc(Cl)c(C(=O)N2CCN(c3ccc(F)cc3)CC2)c1. The molecule has 2 aromatic carbocycles. The molecule has 0 N–H and O–H groups in total. The van der Waals surface area contributed by atoms with Crippen LogP contribution in [0.3, 0.4) is 0 Å². The molecule has 1 aliphatic rings. The number of benzene rings is 2. The first-order chi connectivity index (χ1) is 14.1. The van der Waals surface area contributed by atoms with Crippen molar-refractivity contribution < 1.29 is 17.6 Å². The molecule has 1 fully saturated rings. The van der Waals surface area contributed by atoms with Crippen LogP contribution in [0.25, 0.3) is 0 Å². The Morgan fingerprint density at radius 2 is 1.67 bits per heavy atom. The Kier molecular flexibility index (Phi) is 6.69. The lowest BCUT2D eigenvalue weighted by atomic mass is 10.1. The number of sulfonamides is 1. The van der Waals surface area contributed by atoms with E-state index in [1.165, 1.54) is 41.7 Å². The van der Waals surface area contributed by atoms with Crippen molar-refractivity contribution in [2.24, 2.45) is 0 Å². The van der Waals surface area contributed by atoms with Gasteiger partial charge in [0.05, 0.1) is 15.5 Å². The number of piperazine rings is 1. The molecule has 30 heavy (non-hydrogen) atoms. The van der Waals surface area contributed by atoms with Crippen molar-refractivity contribution in [1.29, 1.82) is 0 Å². The molecule has 162 valence electrons. The van der Waals surface area contributed by atoms with E-state index < -0.39 is 10.0 Å². The van der Waals surface area contributed by atoms with Crippen LogP contribution in [0.5, 0.6) is 0 Å². The van der Waals surface area contributed by atoms with Crippen molar-refractivity contribution in [2.45, 2.75) is 24.8 Å². The molecule has 6 nitrogen and oxygen atoms in total.